The third kappa shape index (κ3) is 3.02. The topological polar surface area (TPSA) is 75.5 Å². The fourth-order valence-corrected chi connectivity index (χ4v) is 3.64. The molecule has 0 bridgehead atoms. The summed E-state index contributed by atoms with van der Waals surface area (Å²) >= 11 is 0. The second-order valence-corrected chi connectivity index (χ2v) is 6.73. The zero-order valence-corrected chi connectivity index (χ0v) is 14.3. The number of ether oxygens (including phenoxy) is 2. The molecule has 0 aliphatic carbocycles. The molecule has 2 aliphatic rings. The van der Waals surface area contributed by atoms with Crippen LogP contribution in [-0.4, -0.2) is 47.7 Å². The van der Waals surface area contributed by atoms with Gasteiger partial charge in [-0.2, -0.15) is 5.26 Å². The third-order valence-electron chi connectivity index (χ3n) is 5.11. The Labute approximate surface area is 152 Å². The number of amides is 1. The Hall–Kier alpha value is -2.91. The number of hydrogen-bond donors (Lipinski definition) is 0. The molecule has 0 N–H and O–H groups in total. The highest BCUT2D eigenvalue weighted by Crippen LogP contribution is 2.40. The maximum Gasteiger partial charge on any atom is 0.254 e. The number of nitrogens with zero attached hydrogens (tertiary/aromatic N) is 3. The van der Waals surface area contributed by atoms with Crippen molar-refractivity contribution < 1.29 is 14.3 Å². The van der Waals surface area contributed by atoms with Crippen molar-refractivity contribution in [2.24, 2.45) is 5.92 Å². The molecule has 2 fully saturated rings. The summed E-state index contributed by atoms with van der Waals surface area (Å²) in [4.78, 5) is 18.6. The van der Waals surface area contributed by atoms with Gasteiger partial charge in [-0.05, 0) is 30.7 Å². The second-order valence-electron chi connectivity index (χ2n) is 6.73. The molecular weight excluding hydrogens is 330 g/mol. The predicted octanol–water partition coefficient (Wildman–Crippen LogP) is 2.26. The van der Waals surface area contributed by atoms with Crippen molar-refractivity contribution in [1.29, 1.82) is 5.26 Å². The Morgan fingerprint density at radius 1 is 1.35 bits per heavy atom. The first-order valence-electron chi connectivity index (χ1n) is 8.67. The van der Waals surface area contributed by atoms with Crippen LogP contribution in [-0.2, 0) is 4.74 Å². The van der Waals surface area contributed by atoms with Gasteiger partial charge in [0.1, 0.15) is 5.60 Å². The molecule has 0 radical (unpaired) electrons. The van der Waals surface area contributed by atoms with Gasteiger partial charge in [-0.15, -0.1) is 0 Å². The van der Waals surface area contributed by atoms with E-state index in [0.717, 1.165) is 6.42 Å². The normalized spacial score (nSPS) is 20.4. The molecule has 0 saturated carbocycles. The van der Waals surface area contributed by atoms with Crippen LogP contribution in [0.3, 0.4) is 0 Å². The SMILES string of the molecule is N#Cc1cccc(C(=O)N2CC3(C2)OCC[C@@H]3COc2ccccn2)c1. The first-order chi connectivity index (χ1) is 12.7. The summed E-state index contributed by atoms with van der Waals surface area (Å²) in [6, 6.07) is 14.4. The molecule has 3 heterocycles. The number of carbonyl (C=O) groups is 1. The van der Waals surface area contributed by atoms with Crippen molar-refractivity contribution >= 4 is 5.91 Å². The minimum absolute atomic E-state index is 0.0624. The minimum atomic E-state index is -0.322. The van der Waals surface area contributed by atoms with Gasteiger partial charge in [0.25, 0.3) is 5.91 Å². The number of nitriles is 1. The van der Waals surface area contributed by atoms with E-state index >= 15 is 0 Å². The molecular formula is C20H19N3O3. The van der Waals surface area contributed by atoms with Crippen LogP contribution in [0.25, 0.3) is 0 Å². The molecule has 1 aromatic heterocycles. The van der Waals surface area contributed by atoms with Gasteiger partial charge in [-0.3, -0.25) is 4.79 Å². The lowest BCUT2D eigenvalue weighted by atomic mass is 9.81. The van der Waals surface area contributed by atoms with Crippen molar-refractivity contribution in [2.45, 2.75) is 12.0 Å². The summed E-state index contributed by atoms with van der Waals surface area (Å²) in [7, 11) is 0. The van der Waals surface area contributed by atoms with Crippen molar-refractivity contribution in [3.8, 4) is 11.9 Å². The number of hydrogen-bond acceptors (Lipinski definition) is 5. The lowest BCUT2D eigenvalue weighted by molar-refractivity contribution is -0.122. The van der Waals surface area contributed by atoms with E-state index in [1.807, 2.05) is 18.2 Å². The lowest BCUT2D eigenvalue weighted by Crippen LogP contribution is -2.66. The monoisotopic (exact) mass is 349 g/mol. The van der Waals surface area contributed by atoms with Crippen molar-refractivity contribution in [2.75, 3.05) is 26.3 Å². The van der Waals surface area contributed by atoms with E-state index in [9.17, 15) is 4.79 Å². The molecule has 1 spiro atoms. The first kappa shape index (κ1) is 16.6. The highest BCUT2D eigenvalue weighted by atomic mass is 16.5. The summed E-state index contributed by atoms with van der Waals surface area (Å²) in [5, 5.41) is 8.99. The molecule has 2 aromatic rings. The Morgan fingerprint density at radius 2 is 2.23 bits per heavy atom. The maximum atomic E-state index is 12.6. The van der Waals surface area contributed by atoms with Crippen molar-refractivity contribution in [1.82, 2.24) is 9.88 Å². The van der Waals surface area contributed by atoms with Crippen LogP contribution in [0.4, 0.5) is 0 Å². The van der Waals surface area contributed by atoms with Gasteiger partial charge in [0, 0.05) is 30.4 Å². The van der Waals surface area contributed by atoms with Crippen LogP contribution >= 0.6 is 0 Å². The van der Waals surface area contributed by atoms with Gasteiger partial charge in [0.05, 0.1) is 31.3 Å². The van der Waals surface area contributed by atoms with E-state index < -0.39 is 0 Å². The summed E-state index contributed by atoms with van der Waals surface area (Å²) in [6.45, 7) is 2.32. The van der Waals surface area contributed by atoms with Crippen molar-refractivity contribution in [3.63, 3.8) is 0 Å². The summed E-state index contributed by atoms with van der Waals surface area (Å²) in [5.74, 6) is 0.779. The van der Waals surface area contributed by atoms with E-state index in [-0.39, 0.29) is 17.4 Å². The number of likely N-dealkylation sites (tertiary alicyclic amines) is 1. The lowest BCUT2D eigenvalue weighted by Gasteiger charge is -2.50. The number of rotatable bonds is 4. The Balaban J connectivity index is 1.38. The molecule has 1 aromatic carbocycles. The van der Waals surface area contributed by atoms with Gasteiger partial charge in [0.15, 0.2) is 0 Å². The molecule has 26 heavy (non-hydrogen) atoms. The van der Waals surface area contributed by atoms with Crippen LogP contribution in [0.5, 0.6) is 5.88 Å². The minimum Gasteiger partial charge on any atom is -0.477 e. The van der Waals surface area contributed by atoms with Gasteiger partial charge in [-0.25, -0.2) is 4.98 Å². The maximum absolute atomic E-state index is 12.6. The number of aromatic nitrogens is 1. The van der Waals surface area contributed by atoms with E-state index in [1.165, 1.54) is 0 Å². The molecule has 1 amide bonds. The largest absolute Gasteiger partial charge is 0.477 e. The van der Waals surface area contributed by atoms with Crippen LogP contribution in [0.1, 0.15) is 22.3 Å². The molecule has 6 heteroatoms. The zero-order chi connectivity index (χ0) is 18.0. The smallest absolute Gasteiger partial charge is 0.254 e. The Morgan fingerprint density at radius 3 is 3.00 bits per heavy atom. The van der Waals surface area contributed by atoms with Gasteiger partial charge in [-0.1, -0.05) is 12.1 Å². The fraction of sp³-hybridized carbons (Fsp3) is 0.350. The number of benzene rings is 1. The van der Waals surface area contributed by atoms with E-state index in [1.54, 1.807) is 35.4 Å². The standard InChI is InChI=1S/C20H19N3O3/c21-11-15-4-3-5-16(10-15)19(24)23-13-20(14-23)17(7-9-26-20)12-25-18-6-1-2-8-22-18/h1-6,8,10,17H,7,9,12-14H2/t17-/m1/s1. The highest BCUT2D eigenvalue weighted by Gasteiger charge is 2.54. The van der Waals surface area contributed by atoms with E-state index in [2.05, 4.69) is 11.1 Å². The molecule has 2 aliphatic heterocycles. The van der Waals surface area contributed by atoms with Crippen LogP contribution < -0.4 is 4.74 Å². The average molecular weight is 349 g/mol. The Bertz CT molecular complexity index is 841. The zero-order valence-electron chi connectivity index (χ0n) is 14.3. The molecule has 2 saturated heterocycles. The number of carbonyl (C=O) groups excluding carboxylic acids is 1. The Kier molecular flexibility index (Phi) is 4.31. The summed E-state index contributed by atoms with van der Waals surface area (Å²) in [6.07, 6.45) is 2.62. The molecule has 132 valence electrons. The van der Waals surface area contributed by atoms with Crippen LogP contribution in [0.15, 0.2) is 48.7 Å². The predicted molar refractivity (Wildman–Crippen MR) is 93.6 cm³/mol. The first-order valence-corrected chi connectivity index (χ1v) is 8.67. The number of pyridine rings is 1. The molecule has 0 unspecified atom stereocenters. The molecule has 1 atom stereocenters. The van der Waals surface area contributed by atoms with Gasteiger partial charge in [0.2, 0.25) is 5.88 Å². The fourth-order valence-electron chi connectivity index (χ4n) is 3.64. The van der Waals surface area contributed by atoms with Crippen molar-refractivity contribution in [3.05, 3.63) is 59.8 Å². The van der Waals surface area contributed by atoms with Crippen LogP contribution in [0, 0.1) is 17.2 Å². The van der Waals surface area contributed by atoms with E-state index in [4.69, 9.17) is 14.7 Å². The quantitative estimate of drug-likeness (QED) is 0.846. The highest BCUT2D eigenvalue weighted by molar-refractivity contribution is 5.95. The molecule has 4 rings (SSSR count). The van der Waals surface area contributed by atoms with Crippen LogP contribution in [0.2, 0.25) is 0 Å². The second kappa shape index (κ2) is 6.77. The van der Waals surface area contributed by atoms with E-state index in [0.29, 0.717) is 43.3 Å². The average Bonchev–Trinajstić information content (AvgIpc) is 3.09. The van der Waals surface area contributed by atoms with Gasteiger partial charge >= 0.3 is 0 Å². The molecule has 6 nitrogen and oxygen atoms in total. The summed E-state index contributed by atoms with van der Waals surface area (Å²) < 4.78 is 11.8. The third-order valence-corrected chi connectivity index (χ3v) is 5.11. The summed E-state index contributed by atoms with van der Waals surface area (Å²) in [5.41, 5.74) is 0.708. The van der Waals surface area contributed by atoms with Gasteiger partial charge < -0.3 is 14.4 Å².